The van der Waals surface area contributed by atoms with Gasteiger partial charge < -0.3 is 14.6 Å². The number of fused-ring (bicyclic) bond motifs is 3. The first-order valence-corrected chi connectivity index (χ1v) is 6.01. The van der Waals surface area contributed by atoms with Crippen molar-refractivity contribution in [3.8, 4) is 5.75 Å². The lowest BCUT2D eigenvalue weighted by atomic mass is 9.99. The molecule has 0 spiro atoms. The average molecular weight is 284 g/mol. The lowest BCUT2D eigenvalue weighted by Gasteiger charge is -2.29. The topological polar surface area (TPSA) is 38.7 Å². The van der Waals surface area contributed by atoms with Crippen molar-refractivity contribution in [3.05, 3.63) is 42.0 Å². The summed E-state index contributed by atoms with van der Waals surface area (Å²) in [6.07, 6.45) is -4.95. The zero-order valence-electron chi connectivity index (χ0n) is 10.3. The molecule has 3 rings (SSSR count). The highest BCUT2D eigenvalue weighted by Crippen LogP contribution is 2.46. The maximum absolute atomic E-state index is 13.2. The highest BCUT2D eigenvalue weighted by molar-refractivity contribution is 5.90. The molecule has 0 saturated carbocycles. The standard InChI is InChI=1S/C14H11F3O3/c15-14(16,17)13(18)11-6-5-9-3-1-2-4-10(9)12(11)19-7-8-20-13/h1-6,18H,7-8H2. The van der Waals surface area contributed by atoms with Gasteiger partial charge in [0.05, 0.1) is 12.2 Å². The number of aliphatic hydroxyl groups is 1. The number of benzene rings is 2. The minimum atomic E-state index is -4.95. The molecule has 1 atom stereocenters. The molecule has 1 aliphatic heterocycles. The number of rotatable bonds is 0. The Labute approximate surface area is 112 Å². The van der Waals surface area contributed by atoms with Crippen LogP contribution in [0.3, 0.4) is 0 Å². The summed E-state index contributed by atoms with van der Waals surface area (Å²) < 4.78 is 49.5. The fourth-order valence-electron chi connectivity index (χ4n) is 2.31. The highest BCUT2D eigenvalue weighted by Gasteiger charge is 2.59. The summed E-state index contributed by atoms with van der Waals surface area (Å²) in [4.78, 5) is 0. The quantitative estimate of drug-likeness (QED) is 0.808. The van der Waals surface area contributed by atoms with E-state index in [1.807, 2.05) is 0 Å². The van der Waals surface area contributed by atoms with Crippen LogP contribution < -0.4 is 4.74 Å². The second-order valence-electron chi connectivity index (χ2n) is 4.50. The number of hydrogen-bond donors (Lipinski definition) is 1. The normalized spacial score (nSPS) is 23.0. The molecular weight excluding hydrogens is 273 g/mol. The lowest BCUT2D eigenvalue weighted by molar-refractivity contribution is -0.373. The van der Waals surface area contributed by atoms with E-state index in [1.54, 1.807) is 24.3 Å². The molecule has 1 heterocycles. The molecule has 0 aromatic heterocycles. The summed E-state index contributed by atoms with van der Waals surface area (Å²) in [6, 6.07) is 9.58. The second-order valence-corrected chi connectivity index (χ2v) is 4.50. The maximum Gasteiger partial charge on any atom is 0.448 e. The van der Waals surface area contributed by atoms with Crippen molar-refractivity contribution in [2.75, 3.05) is 13.2 Å². The Morgan fingerprint density at radius 1 is 1.05 bits per heavy atom. The van der Waals surface area contributed by atoms with Crippen molar-refractivity contribution in [1.82, 2.24) is 0 Å². The molecule has 1 unspecified atom stereocenters. The van der Waals surface area contributed by atoms with Gasteiger partial charge in [0.2, 0.25) is 0 Å². The van der Waals surface area contributed by atoms with Gasteiger partial charge in [-0.2, -0.15) is 13.2 Å². The fraction of sp³-hybridized carbons (Fsp3) is 0.286. The van der Waals surface area contributed by atoms with Crippen LogP contribution in [0.4, 0.5) is 13.2 Å². The molecule has 6 heteroatoms. The van der Waals surface area contributed by atoms with Gasteiger partial charge in [-0.15, -0.1) is 0 Å². The van der Waals surface area contributed by atoms with Crippen LogP contribution in [0.1, 0.15) is 5.56 Å². The minimum Gasteiger partial charge on any atom is -0.490 e. The summed E-state index contributed by atoms with van der Waals surface area (Å²) in [7, 11) is 0. The molecule has 20 heavy (non-hydrogen) atoms. The summed E-state index contributed by atoms with van der Waals surface area (Å²) >= 11 is 0. The van der Waals surface area contributed by atoms with Gasteiger partial charge in [0.1, 0.15) is 12.4 Å². The van der Waals surface area contributed by atoms with E-state index in [0.717, 1.165) is 5.39 Å². The zero-order chi connectivity index (χ0) is 14.4. The summed E-state index contributed by atoms with van der Waals surface area (Å²) in [6.45, 7) is -0.404. The number of hydrogen-bond acceptors (Lipinski definition) is 3. The fourth-order valence-corrected chi connectivity index (χ4v) is 2.31. The Hall–Kier alpha value is -1.79. The van der Waals surface area contributed by atoms with Gasteiger partial charge in [0.15, 0.2) is 0 Å². The van der Waals surface area contributed by atoms with Gasteiger partial charge in [-0.25, -0.2) is 0 Å². The molecule has 0 saturated heterocycles. The number of alkyl halides is 3. The largest absolute Gasteiger partial charge is 0.490 e. The Kier molecular flexibility index (Phi) is 2.88. The Morgan fingerprint density at radius 3 is 2.55 bits per heavy atom. The Balaban J connectivity index is 2.31. The van der Waals surface area contributed by atoms with Gasteiger partial charge in [-0.05, 0) is 11.5 Å². The first-order valence-electron chi connectivity index (χ1n) is 6.01. The van der Waals surface area contributed by atoms with Crippen LogP contribution in [-0.4, -0.2) is 24.5 Å². The lowest BCUT2D eigenvalue weighted by Crippen LogP contribution is -2.44. The van der Waals surface area contributed by atoms with E-state index in [2.05, 4.69) is 4.74 Å². The van der Waals surface area contributed by atoms with Gasteiger partial charge in [0.25, 0.3) is 5.79 Å². The molecule has 106 valence electrons. The Morgan fingerprint density at radius 2 is 1.80 bits per heavy atom. The van der Waals surface area contributed by atoms with Crippen molar-refractivity contribution >= 4 is 10.8 Å². The first-order chi connectivity index (χ1) is 9.43. The van der Waals surface area contributed by atoms with Crippen LogP contribution in [0.15, 0.2) is 36.4 Å². The number of ether oxygens (including phenoxy) is 2. The predicted octanol–water partition coefficient (Wildman–Crippen LogP) is 2.96. The third-order valence-electron chi connectivity index (χ3n) is 3.27. The third-order valence-corrected chi connectivity index (χ3v) is 3.27. The second kappa shape index (κ2) is 4.36. The molecular formula is C14H11F3O3. The van der Waals surface area contributed by atoms with Crippen molar-refractivity contribution < 1.29 is 27.8 Å². The van der Waals surface area contributed by atoms with Crippen LogP contribution in [0.25, 0.3) is 10.8 Å². The van der Waals surface area contributed by atoms with E-state index >= 15 is 0 Å². The molecule has 0 bridgehead atoms. The van der Waals surface area contributed by atoms with E-state index in [0.29, 0.717) is 5.39 Å². The van der Waals surface area contributed by atoms with Gasteiger partial charge >= 0.3 is 6.18 Å². The van der Waals surface area contributed by atoms with Crippen molar-refractivity contribution in [2.24, 2.45) is 0 Å². The van der Waals surface area contributed by atoms with E-state index in [4.69, 9.17) is 4.74 Å². The third kappa shape index (κ3) is 1.83. The smallest absolute Gasteiger partial charge is 0.448 e. The minimum absolute atomic E-state index is 0.0143. The molecule has 2 aromatic carbocycles. The van der Waals surface area contributed by atoms with Crippen LogP contribution in [0.5, 0.6) is 5.75 Å². The van der Waals surface area contributed by atoms with E-state index in [9.17, 15) is 18.3 Å². The van der Waals surface area contributed by atoms with Crippen LogP contribution >= 0.6 is 0 Å². The summed E-state index contributed by atoms with van der Waals surface area (Å²) in [5.74, 6) is -3.33. The molecule has 0 amide bonds. The molecule has 0 aliphatic carbocycles. The molecule has 0 fully saturated rings. The van der Waals surface area contributed by atoms with Crippen molar-refractivity contribution in [3.63, 3.8) is 0 Å². The summed E-state index contributed by atoms with van der Waals surface area (Å²) in [5, 5.41) is 11.2. The van der Waals surface area contributed by atoms with Crippen LogP contribution in [0.2, 0.25) is 0 Å². The predicted molar refractivity (Wildman–Crippen MR) is 65.3 cm³/mol. The molecule has 3 nitrogen and oxygen atoms in total. The Bertz CT molecular complexity index is 654. The zero-order valence-corrected chi connectivity index (χ0v) is 10.3. The molecule has 2 aromatic rings. The van der Waals surface area contributed by atoms with E-state index in [1.165, 1.54) is 12.1 Å². The average Bonchev–Trinajstić information content (AvgIpc) is 2.59. The monoisotopic (exact) mass is 284 g/mol. The van der Waals surface area contributed by atoms with Crippen molar-refractivity contribution in [1.29, 1.82) is 0 Å². The van der Waals surface area contributed by atoms with Gasteiger partial charge in [-0.1, -0.05) is 30.3 Å². The SMILES string of the molecule is OC1(C(F)(F)F)OCCOc2c1ccc1ccccc21. The van der Waals surface area contributed by atoms with E-state index < -0.39 is 17.5 Å². The van der Waals surface area contributed by atoms with E-state index in [-0.39, 0.29) is 19.0 Å². The summed E-state index contributed by atoms with van der Waals surface area (Å²) in [5.41, 5.74) is -0.416. The first kappa shape index (κ1) is 13.2. The van der Waals surface area contributed by atoms with Gasteiger partial charge in [-0.3, -0.25) is 0 Å². The molecule has 0 radical (unpaired) electrons. The van der Waals surface area contributed by atoms with Gasteiger partial charge in [0, 0.05) is 5.39 Å². The highest BCUT2D eigenvalue weighted by atomic mass is 19.4. The van der Waals surface area contributed by atoms with Crippen molar-refractivity contribution in [2.45, 2.75) is 12.0 Å². The maximum atomic E-state index is 13.2. The molecule has 1 aliphatic rings. The molecule has 1 N–H and O–H groups in total. The van der Waals surface area contributed by atoms with Crippen LogP contribution in [0, 0.1) is 0 Å². The van der Waals surface area contributed by atoms with Crippen LogP contribution in [-0.2, 0) is 10.5 Å². The number of halogens is 3.